The molecule has 0 radical (unpaired) electrons. The highest BCUT2D eigenvalue weighted by atomic mass is 31.2. The number of ether oxygens (including phenoxy) is 4. The molecule has 19 heteroatoms. The Morgan fingerprint density at radius 2 is 0.500 bits per heavy atom. The van der Waals surface area contributed by atoms with Crippen molar-refractivity contribution in [3.8, 4) is 0 Å². The first kappa shape index (κ1) is 94.8. The van der Waals surface area contributed by atoms with Crippen LogP contribution in [0.2, 0.25) is 0 Å². The summed E-state index contributed by atoms with van der Waals surface area (Å²) in [6.45, 7) is 4.84. The summed E-state index contributed by atoms with van der Waals surface area (Å²) < 4.78 is 68.5. The molecule has 0 aliphatic heterocycles. The Bertz CT molecular complexity index is 2100. The van der Waals surface area contributed by atoms with Gasteiger partial charge in [-0.1, -0.05) is 268 Å². The van der Waals surface area contributed by atoms with Gasteiger partial charge in [-0.15, -0.1) is 0 Å². The van der Waals surface area contributed by atoms with Crippen molar-refractivity contribution in [1.29, 1.82) is 0 Å². The third-order valence-electron chi connectivity index (χ3n) is 17.0. The highest BCUT2D eigenvalue weighted by Crippen LogP contribution is 2.45. The van der Waals surface area contributed by atoms with Gasteiger partial charge in [0, 0.05) is 25.7 Å². The van der Waals surface area contributed by atoms with Crippen molar-refractivity contribution in [1.82, 2.24) is 0 Å². The quantitative estimate of drug-likeness (QED) is 0.0128. The Kier molecular flexibility index (Phi) is 69.7. The Hall–Kier alpha value is -3.24. The maximum absolute atomic E-state index is 13.1. The van der Waals surface area contributed by atoms with E-state index in [4.69, 9.17) is 37.0 Å². The lowest BCUT2D eigenvalue weighted by Gasteiger charge is -2.21. The maximum Gasteiger partial charge on any atom is 0.472 e. The molecule has 0 aliphatic carbocycles. The molecule has 2 unspecified atom stereocenters. The van der Waals surface area contributed by atoms with Gasteiger partial charge in [0.05, 0.1) is 26.4 Å². The first-order valence-electron chi connectivity index (χ1n) is 39.5. The van der Waals surface area contributed by atoms with Crippen LogP contribution in [0.25, 0.3) is 0 Å². The number of allylic oxidation sites excluding steroid dienone is 10. The van der Waals surface area contributed by atoms with Crippen molar-refractivity contribution < 1.29 is 80.2 Å². The highest BCUT2D eigenvalue weighted by molar-refractivity contribution is 7.47. The fraction of sp³-hybridized carbons (Fsp3) is 0.823. The van der Waals surface area contributed by atoms with Crippen molar-refractivity contribution in [3.63, 3.8) is 0 Å². The van der Waals surface area contributed by atoms with E-state index in [1.54, 1.807) is 0 Å². The van der Waals surface area contributed by atoms with E-state index in [2.05, 4.69) is 88.5 Å². The summed E-state index contributed by atoms with van der Waals surface area (Å²) in [5.74, 6) is -2.19. The smallest absolute Gasteiger partial charge is 0.462 e. The molecule has 0 aliphatic rings. The van der Waals surface area contributed by atoms with Gasteiger partial charge in [0.2, 0.25) is 0 Å². The van der Waals surface area contributed by atoms with Crippen LogP contribution >= 0.6 is 15.6 Å². The number of aliphatic hydroxyl groups is 1. The van der Waals surface area contributed by atoms with E-state index in [9.17, 15) is 43.2 Å². The molecule has 0 fully saturated rings. The van der Waals surface area contributed by atoms with Crippen molar-refractivity contribution in [2.24, 2.45) is 0 Å². The summed E-state index contributed by atoms with van der Waals surface area (Å²) in [5, 5.41) is 10.6. The van der Waals surface area contributed by atoms with E-state index in [1.807, 2.05) is 0 Å². The number of hydrogen-bond acceptors (Lipinski definition) is 15. The van der Waals surface area contributed by atoms with Gasteiger partial charge >= 0.3 is 39.5 Å². The normalized spacial score (nSPS) is 14.2. The molecular weight excluding hydrogens is 1280 g/mol. The van der Waals surface area contributed by atoms with Gasteiger partial charge in [-0.2, -0.15) is 0 Å². The van der Waals surface area contributed by atoms with E-state index < -0.39 is 97.5 Å². The van der Waals surface area contributed by atoms with E-state index in [0.29, 0.717) is 25.7 Å². The first-order valence-corrected chi connectivity index (χ1v) is 42.5. The van der Waals surface area contributed by atoms with Gasteiger partial charge in [-0.05, 0) is 128 Å². The summed E-state index contributed by atoms with van der Waals surface area (Å²) in [6, 6.07) is 0. The van der Waals surface area contributed by atoms with Crippen LogP contribution in [-0.2, 0) is 65.4 Å². The molecule has 0 amide bonds. The number of carbonyl (C=O) groups excluding carboxylic acids is 4. The van der Waals surface area contributed by atoms with Crippen LogP contribution in [0.4, 0.5) is 0 Å². The molecule has 0 aromatic carbocycles. The monoisotopic (exact) mass is 1430 g/mol. The number of esters is 4. The summed E-state index contributed by atoms with van der Waals surface area (Å²) in [7, 11) is -9.95. The Morgan fingerprint density at radius 1 is 0.286 bits per heavy atom. The number of aliphatic hydroxyl groups excluding tert-OH is 1. The van der Waals surface area contributed by atoms with Crippen LogP contribution in [0, 0.1) is 0 Å². The summed E-state index contributed by atoms with van der Waals surface area (Å²) in [4.78, 5) is 72.9. The van der Waals surface area contributed by atoms with Crippen LogP contribution in [-0.4, -0.2) is 96.7 Å². The van der Waals surface area contributed by atoms with Gasteiger partial charge in [-0.25, -0.2) is 9.13 Å². The zero-order valence-corrected chi connectivity index (χ0v) is 64.3. The molecule has 0 saturated heterocycles. The van der Waals surface area contributed by atoms with Crippen molar-refractivity contribution in [3.05, 3.63) is 60.8 Å². The third-order valence-corrected chi connectivity index (χ3v) is 18.9. The molecule has 98 heavy (non-hydrogen) atoms. The van der Waals surface area contributed by atoms with Gasteiger partial charge in [0.15, 0.2) is 12.2 Å². The maximum atomic E-state index is 13.1. The summed E-state index contributed by atoms with van der Waals surface area (Å²) >= 11 is 0. The lowest BCUT2D eigenvalue weighted by Crippen LogP contribution is -2.30. The first-order chi connectivity index (χ1) is 47.7. The Balaban J connectivity index is 5.35. The molecule has 0 heterocycles. The molecule has 5 atom stereocenters. The van der Waals surface area contributed by atoms with Crippen LogP contribution in [0.5, 0.6) is 0 Å². The van der Waals surface area contributed by atoms with Crippen LogP contribution in [0.3, 0.4) is 0 Å². The fourth-order valence-corrected chi connectivity index (χ4v) is 12.4. The topological polar surface area (TPSA) is 237 Å². The molecule has 572 valence electrons. The number of phosphoric ester groups is 2. The molecule has 0 spiro atoms. The Morgan fingerprint density at radius 3 is 0.776 bits per heavy atom. The minimum Gasteiger partial charge on any atom is -0.462 e. The number of unbranched alkanes of at least 4 members (excludes halogenated alkanes) is 40. The van der Waals surface area contributed by atoms with E-state index >= 15 is 0 Å². The minimum atomic E-state index is -4.97. The van der Waals surface area contributed by atoms with Crippen LogP contribution in [0.1, 0.15) is 362 Å². The number of hydrogen-bond donors (Lipinski definition) is 3. The Labute approximate surface area is 597 Å². The van der Waals surface area contributed by atoms with Crippen molar-refractivity contribution in [2.45, 2.75) is 380 Å². The second-order valence-corrected chi connectivity index (χ2v) is 29.6. The predicted octanol–water partition coefficient (Wildman–Crippen LogP) is 22.7. The zero-order valence-electron chi connectivity index (χ0n) is 62.5. The van der Waals surface area contributed by atoms with Crippen molar-refractivity contribution in [2.75, 3.05) is 39.6 Å². The van der Waals surface area contributed by atoms with Gasteiger partial charge in [0.25, 0.3) is 0 Å². The molecular formula is C79H144O17P2. The number of phosphoric acid groups is 2. The lowest BCUT2D eigenvalue weighted by molar-refractivity contribution is -0.161. The van der Waals surface area contributed by atoms with Gasteiger partial charge in [0.1, 0.15) is 19.3 Å². The van der Waals surface area contributed by atoms with Crippen molar-refractivity contribution >= 4 is 39.5 Å². The summed E-state index contributed by atoms with van der Waals surface area (Å²) in [6.07, 6.45) is 70.5. The average Bonchev–Trinajstić information content (AvgIpc) is 1.04. The summed E-state index contributed by atoms with van der Waals surface area (Å²) in [5.41, 5.74) is 0. The zero-order chi connectivity index (χ0) is 71.8. The molecule has 17 nitrogen and oxygen atoms in total. The second kappa shape index (κ2) is 72.1. The SMILES string of the molecule is CCCCCC/C=C\C=C/CCCCCCCC(=O)OC[C@H](COP(=O)(O)OC[C@H](O)COP(=O)(O)OC[C@@H](COC(=O)CCCCCCC/C=C\CCCCCCCC)OC(=O)CCCCCCC/C=C\CCCCCC)OC(=O)CCCCCCC/C=C\CCCCCCCC. The third kappa shape index (κ3) is 71.2. The second-order valence-electron chi connectivity index (χ2n) is 26.7. The van der Waals surface area contributed by atoms with E-state index in [1.165, 1.54) is 128 Å². The van der Waals surface area contributed by atoms with Gasteiger partial charge < -0.3 is 33.8 Å². The molecule has 0 rings (SSSR count). The lowest BCUT2D eigenvalue weighted by atomic mass is 10.1. The fourth-order valence-electron chi connectivity index (χ4n) is 10.8. The van der Waals surface area contributed by atoms with Crippen LogP contribution < -0.4 is 0 Å². The predicted molar refractivity (Wildman–Crippen MR) is 400 cm³/mol. The average molecular weight is 1430 g/mol. The molecule has 0 aromatic heterocycles. The minimum absolute atomic E-state index is 0.0851. The van der Waals surface area contributed by atoms with E-state index in [-0.39, 0.29) is 25.7 Å². The molecule has 3 N–H and O–H groups in total. The van der Waals surface area contributed by atoms with Gasteiger partial charge in [-0.3, -0.25) is 37.3 Å². The molecule has 0 bridgehead atoms. The van der Waals surface area contributed by atoms with E-state index in [0.717, 1.165) is 154 Å². The standard InChI is InChI=1S/C79H144O17P2/c1-5-9-13-17-21-25-29-33-36-40-43-47-51-55-59-63-76(81)89-69-74(95-78(83)65-61-57-53-49-45-39-32-28-24-20-16-12-8-4)71-93-97(85,86)91-67-73(80)68-92-98(87,88)94-72-75(96-79(84)66-62-58-54-50-46-42-38-35-31-27-23-19-15-11-7-3)70-90-77(82)64-60-56-52-48-44-41-37-34-30-26-22-18-14-10-6-2/h26,28,30,32-38,73-75,80H,5-25,27,29,31,39-72H2,1-4H3,(H,85,86)(H,87,88)/b30-26-,32-28-,36-33-,37-34-,38-35-/t73-,74-,75-/m1/s1. The van der Waals surface area contributed by atoms with Crippen LogP contribution in [0.15, 0.2) is 60.8 Å². The largest absolute Gasteiger partial charge is 0.472 e. The highest BCUT2D eigenvalue weighted by Gasteiger charge is 2.30. The molecule has 0 aromatic rings. The number of carbonyl (C=O) groups is 4. The molecule has 0 saturated carbocycles. The number of rotatable bonds is 75.